The fourth-order valence-corrected chi connectivity index (χ4v) is 1.36. The van der Waals surface area contributed by atoms with Gasteiger partial charge in [-0.3, -0.25) is 0 Å². The average Bonchev–Trinajstić information content (AvgIpc) is 2.68. The van der Waals surface area contributed by atoms with E-state index in [-0.39, 0.29) is 0 Å². The highest BCUT2D eigenvalue weighted by atomic mass is 15.3. The van der Waals surface area contributed by atoms with Crippen LogP contribution >= 0.6 is 0 Å². The Morgan fingerprint density at radius 2 is 2.00 bits per heavy atom. The number of nitrogens with zero attached hydrogens (tertiary/aromatic N) is 2. The molecule has 0 aliphatic rings. The Balaban J connectivity index is 2.25. The van der Waals surface area contributed by atoms with Gasteiger partial charge in [-0.25, -0.2) is 4.68 Å². The van der Waals surface area contributed by atoms with E-state index in [9.17, 15) is 0 Å². The van der Waals surface area contributed by atoms with Crippen LogP contribution in [-0.4, -0.2) is 16.8 Å². The molecule has 3 nitrogen and oxygen atoms in total. The lowest BCUT2D eigenvalue weighted by molar-refractivity contribution is 0.757. The highest BCUT2D eigenvalue weighted by Gasteiger charge is 1.98. The molecule has 1 N–H and O–H groups in total. The third-order valence-corrected chi connectivity index (χ3v) is 2.02. The van der Waals surface area contributed by atoms with E-state index in [2.05, 4.69) is 10.4 Å². The van der Waals surface area contributed by atoms with Crippen LogP contribution in [0.5, 0.6) is 0 Å². The van der Waals surface area contributed by atoms with Gasteiger partial charge < -0.3 is 5.32 Å². The van der Waals surface area contributed by atoms with Crippen molar-refractivity contribution in [2.45, 2.75) is 6.54 Å². The normalized spacial score (nSPS) is 10.4. The second kappa shape index (κ2) is 4.07. The summed E-state index contributed by atoms with van der Waals surface area (Å²) in [6, 6.07) is 12.1. The minimum absolute atomic E-state index is 0.805. The quantitative estimate of drug-likeness (QED) is 0.790. The molecule has 0 aliphatic heterocycles. The second-order valence-electron chi connectivity index (χ2n) is 3.12. The first kappa shape index (κ1) is 8.97. The number of hydrogen-bond acceptors (Lipinski definition) is 2. The highest BCUT2D eigenvalue weighted by molar-refractivity contribution is 5.30. The Bertz CT molecular complexity index is 392. The van der Waals surface area contributed by atoms with E-state index in [1.807, 2.05) is 54.3 Å². The lowest BCUT2D eigenvalue weighted by Crippen LogP contribution is -2.06. The molecule has 0 radical (unpaired) electrons. The van der Waals surface area contributed by atoms with Gasteiger partial charge in [-0.15, -0.1) is 0 Å². The van der Waals surface area contributed by atoms with Crippen LogP contribution in [0.25, 0.3) is 5.69 Å². The molecule has 1 aromatic heterocycles. The topological polar surface area (TPSA) is 29.9 Å². The van der Waals surface area contributed by atoms with Crippen molar-refractivity contribution in [3.8, 4) is 5.69 Å². The molecule has 0 unspecified atom stereocenters. The second-order valence-corrected chi connectivity index (χ2v) is 3.12. The molecule has 0 atom stereocenters. The fourth-order valence-electron chi connectivity index (χ4n) is 1.36. The number of aromatic nitrogens is 2. The van der Waals surface area contributed by atoms with Crippen LogP contribution in [0.4, 0.5) is 0 Å². The van der Waals surface area contributed by atoms with Gasteiger partial charge in [-0.2, -0.15) is 5.10 Å². The van der Waals surface area contributed by atoms with Crippen molar-refractivity contribution in [1.29, 1.82) is 0 Å². The van der Waals surface area contributed by atoms with Gasteiger partial charge in [0.2, 0.25) is 0 Å². The maximum Gasteiger partial charge on any atom is 0.0766 e. The molecule has 1 heterocycles. The van der Waals surface area contributed by atoms with E-state index in [1.54, 1.807) is 0 Å². The van der Waals surface area contributed by atoms with E-state index in [0.29, 0.717) is 0 Å². The van der Waals surface area contributed by atoms with Crippen LogP contribution < -0.4 is 5.32 Å². The molecule has 0 amide bonds. The predicted molar refractivity (Wildman–Crippen MR) is 56.3 cm³/mol. The van der Waals surface area contributed by atoms with Gasteiger partial charge >= 0.3 is 0 Å². The third kappa shape index (κ3) is 1.83. The number of benzene rings is 1. The largest absolute Gasteiger partial charge is 0.314 e. The number of para-hydroxylation sites is 1. The van der Waals surface area contributed by atoms with Gasteiger partial charge in [-0.1, -0.05) is 18.2 Å². The standard InChI is InChI=1S/C11H13N3/c1-12-9-10-7-8-14(13-10)11-5-3-2-4-6-11/h2-8,12H,9H2,1H3. The number of nitrogens with one attached hydrogen (secondary N) is 1. The van der Waals surface area contributed by atoms with Crippen molar-refractivity contribution in [3.63, 3.8) is 0 Å². The first-order chi connectivity index (χ1) is 6.90. The van der Waals surface area contributed by atoms with Gasteiger partial charge in [0.15, 0.2) is 0 Å². The zero-order chi connectivity index (χ0) is 9.80. The molecule has 2 rings (SSSR count). The summed E-state index contributed by atoms with van der Waals surface area (Å²) in [5, 5.41) is 7.50. The molecule has 0 fully saturated rings. The van der Waals surface area contributed by atoms with Crippen LogP contribution in [0, 0.1) is 0 Å². The minimum atomic E-state index is 0.805. The van der Waals surface area contributed by atoms with Crippen LogP contribution in [0.3, 0.4) is 0 Å². The van der Waals surface area contributed by atoms with Crippen LogP contribution in [-0.2, 0) is 6.54 Å². The Morgan fingerprint density at radius 3 is 2.71 bits per heavy atom. The van der Waals surface area contributed by atoms with Crippen molar-refractivity contribution < 1.29 is 0 Å². The summed E-state index contributed by atoms with van der Waals surface area (Å²) in [5.41, 5.74) is 2.14. The van der Waals surface area contributed by atoms with Crippen molar-refractivity contribution in [2.75, 3.05) is 7.05 Å². The van der Waals surface area contributed by atoms with E-state index < -0.39 is 0 Å². The number of rotatable bonds is 3. The molecule has 0 aliphatic carbocycles. The van der Waals surface area contributed by atoms with Gasteiger partial charge in [0.05, 0.1) is 11.4 Å². The molecule has 0 saturated carbocycles. The van der Waals surface area contributed by atoms with Crippen LogP contribution in [0.2, 0.25) is 0 Å². The molecule has 14 heavy (non-hydrogen) atoms. The smallest absolute Gasteiger partial charge is 0.0766 e. The molecule has 0 saturated heterocycles. The Hall–Kier alpha value is -1.61. The van der Waals surface area contributed by atoms with E-state index >= 15 is 0 Å². The molecule has 3 heteroatoms. The summed E-state index contributed by atoms with van der Waals surface area (Å²) >= 11 is 0. The molecular weight excluding hydrogens is 174 g/mol. The zero-order valence-corrected chi connectivity index (χ0v) is 8.14. The summed E-state index contributed by atoms with van der Waals surface area (Å²) in [4.78, 5) is 0. The number of hydrogen-bond donors (Lipinski definition) is 1. The first-order valence-electron chi connectivity index (χ1n) is 4.65. The van der Waals surface area contributed by atoms with Crippen molar-refractivity contribution >= 4 is 0 Å². The van der Waals surface area contributed by atoms with Gasteiger partial charge in [0.1, 0.15) is 0 Å². The lowest BCUT2D eigenvalue weighted by Gasteiger charge is -1.99. The van der Waals surface area contributed by atoms with Crippen molar-refractivity contribution in [2.24, 2.45) is 0 Å². The highest BCUT2D eigenvalue weighted by Crippen LogP contribution is 2.06. The summed E-state index contributed by atoms with van der Waals surface area (Å²) in [6.45, 7) is 0.805. The summed E-state index contributed by atoms with van der Waals surface area (Å²) in [7, 11) is 1.92. The third-order valence-electron chi connectivity index (χ3n) is 2.02. The van der Waals surface area contributed by atoms with Crippen molar-refractivity contribution in [1.82, 2.24) is 15.1 Å². The van der Waals surface area contributed by atoms with Gasteiger partial charge in [-0.05, 0) is 25.2 Å². The van der Waals surface area contributed by atoms with E-state index in [0.717, 1.165) is 17.9 Å². The maximum atomic E-state index is 4.42. The molecule has 1 aromatic carbocycles. The molecule has 0 bridgehead atoms. The lowest BCUT2D eigenvalue weighted by atomic mass is 10.3. The SMILES string of the molecule is CNCc1ccn(-c2ccccc2)n1. The molecule has 72 valence electrons. The Morgan fingerprint density at radius 1 is 1.21 bits per heavy atom. The first-order valence-corrected chi connectivity index (χ1v) is 4.65. The summed E-state index contributed by atoms with van der Waals surface area (Å²) in [6.07, 6.45) is 1.97. The monoisotopic (exact) mass is 187 g/mol. The fraction of sp³-hybridized carbons (Fsp3) is 0.182. The Kier molecular flexibility index (Phi) is 2.60. The van der Waals surface area contributed by atoms with E-state index in [4.69, 9.17) is 0 Å². The summed E-state index contributed by atoms with van der Waals surface area (Å²) < 4.78 is 1.88. The molecular formula is C11H13N3. The minimum Gasteiger partial charge on any atom is -0.314 e. The van der Waals surface area contributed by atoms with Crippen LogP contribution in [0.15, 0.2) is 42.6 Å². The summed E-state index contributed by atoms with van der Waals surface area (Å²) in [5.74, 6) is 0. The van der Waals surface area contributed by atoms with Crippen molar-refractivity contribution in [3.05, 3.63) is 48.3 Å². The van der Waals surface area contributed by atoms with Crippen LogP contribution in [0.1, 0.15) is 5.69 Å². The predicted octanol–water partition coefficient (Wildman–Crippen LogP) is 1.59. The average molecular weight is 187 g/mol. The molecule has 0 spiro atoms. The Labute approximate surface area is 83.4 Å². The molecule has 2 aromatic rings. The van der Waals surface area contributed by atoms with Gasteiger partial charge in [0, 0.05) is 12.7 Å². The zero-order valence-electron chi connectivity index (χ0n) is 8.14. The maximum absolute atomic E-state index is 4.42. The van der Waals surface area contributed by atoms with E-state index in [1.165, 1.54) is 0 Å². The van der Waals surface area contributed by atoms with Gasteiger partial charge in [0.25, 0.3) is 0 Å².